The Kier molecular flexibility index (Phi) is 13.5. The minimum Gasteiger partial charge on any atom is -0.356 e. The van der Waals surface area contributed by atoms with Gasteiger partial charge in [0.1, 0.15) is 18.2 Å². The quantitative estimate of drug-likeness (QED) is 0.0854. The normalized spacial score (nSPS) is 17.5. The maximum Gasteiger partial charge on any atom is 0.327 e. The average Bonchev–Trinajstić information content (AvgIpc) is 3.02. The molecule has 12 heteroatoms. The summed E-state index contributed by atoms with van der Waals surface area (Å²) >= 11 is 0. The van der Waals surface area contributed by atoms with Crippen molar-refractivity contribution in [1.82, 2.24) is 20.6 Å². The number of urea groups is 1. The fourth-order valence-corrected chi connectivity index (χ4v) is 4.22. The van der Waals surface area contributed by atoms with Crippen LogP contribution >= 0.6 is 0 Å². The lowest BCUT2D eigenvalue weighted by molar-refractivity contribution is -0.137. The molecule has 1 heterocycles. The summed E-state index contributed by atoms with van der Waals surface area (Å²) in [5.74, 6) is -3.29. The van der Waals surface area contributed by atoms with Gasteiger partial charge < -0.3 is 19.7 Å². The number of hydroxylamine groups is 1. The van der Waals surface area contributed by atoms with Gasteiger partial charge in [0.25, 0.3) is 5.91 Å². The molecule has 37 heavy (non-hydrogen) atoms. The lowest BCUT2D eigenvalue weighted by Crippen LogP contribution is -2.48. The van der Waals surface area contributed by atoms with Crippen LogP contribution in [0.4, 0.5) is 4.79 Å². The van der Waals surface area contributed by atoms with Crippen molar-refractivity contribution in [3.8, 4) is 6.07 Å². The van der Waals surface area contributed by atoms with Gasteiger partial charge in [-0.3, -0.25) is 24.5 Å². The monoisotopic (exact) mass is 525 g/mol. The van der Waals surface area contributed by atoms with Crippen LogP contribution in [0, 0.1) is 29.1 Å². The number of hydrogen-bond acceptors (Lipinski definition) is 8. The zero-order valence-corrected chi connectivity index (χ0v) is 22.9. The van der Waals surface area contributed by atoms with Crippen LogP contribution in [0.5, 0.6) is 0 Å². The summed E-state index contributed by atoms with van der Waals surface area (Å²) in [5, 5.41) is 21.7. The number of nitriles is 1. The Balaban J connectivity index is 3.04. The van der Waals surface area contributed by atoms with Gasteiger partial charge in [-0.05, 0) is 46.0 Å². The second kappa shape index (κ2) is 15.5. The van der Waals surface area contributed by atoms with E-state index in [0.717, 1.165) is 24.2 Å². The van der Waals surface area contributed by atoms with Crippen molar-refractivity contribution in [2.24, 2.45) is 17.8 Å². The summed E-state index contributed by atoms with van der Waals surface area (Å²) in [6.07, 6.45) is 3.00. The molecule has 0 bridgehead atoms. The summed E-state index contributed by atoms with van der Waals surface area (Å²) in [6.45, 7) is 9.17. The van der Waals surface area contributed by atoms with E-state index in [2.05, 4.69) is 25.2 Å². The van der Waals surface area contributed by atoms with Gasteiger partial charge in [-0.25, -0.2) is 10.3 Å². The van der Waals surface area contributed by atoms with Crippen LogP contribution in [0.3, 0.4) is 0 Å². The minimum absolute atomic E-state index is 0.0427. The van der Waals surface area contributed by atoms with Crippen molar-refractivity contribution in [1.29, 1.82) is 5.26 Å². The van der Waals surface area contributed by atoms with Crippen molar-refractivity contribution in [3.63, 3.8) is 0 Å². The zero-order chi connectivity index (χ0) is 28.2. The molecule has 3 atom stereocenters. The third-order valence-corrected chi connectivity index (χ3v) is 7.10. The minimum atomic E-state index is -1.08. The van der Waals surface area contributed by atoms with E-state index in [-0.39, 0.29) is 26.4 Å². The Morgan fingerprint density at radius 1 is 1.11 bits per heavy atom. The topological polar surface area (TPSA) is 161 Å². The van der Waals surface area contributed by atoms with E-state index < -0.39 is 47.2 Å². The molecule has 1 unspecified atom stereocenters. The first-order chi connectivity index (χ1) is 17.5. The number of amides is 5. The Bertz CT molecular complexity index is 825. The highest BCUT2D eigenvalue weighted by atomic mass is 16.7. The molecule has 0 aromatic rings. The smallest absolute Gasteiger partial charge is 0.327 e. The number of carbonyl (C=O) groups is 4. The van der Waals surface area contributed by atoms with Crippen LogP contribution in [0.25, 0.3) is 0 Å². The van der Waals surface area contributed by atoms with Gasteiger partial charge >= 0.3 is 6.03 Å². The van der Waals surface area contributed by atoms with Crippen LogP contribution in [-0.4, -0.2) is 83.9 Å². The van der Waals surface area contributed by atoms with Crippen LogP contribution in [0.15, 0.2) is 0 Å². The van der Waals surface area contributed by atoms with Gasteiger partial charge in [-0.2, -0.15) is 5.26 Å². The number of nitrogens with zero attached hydrogens (tertiary/aromatic N) is 3. The van der Waals surface area contributed by atoms with Crippen molar-refractivity contribution in [2.75, 3.05) is 33.6 Å². The molecule has 1 aliphatic rings. The maximum atomic E-state index is 13.0. The highest BCUT2D eigenvalue weighted by Crippen LogP contribution is 2.27. The molecule has 0 aromatic carbocycles. The van der Waals surface area contributed by atoms with Crippen LogP contribution < -0.4 is 10.8 Å². The Morgan fingerprint density at radius 3 is 2.24 bits per heavy atom. The third-order valence-electron chi connectivity index (χ3n) is 7.10. The summed E-state index contributed by atoms with van der Waals surface area (Å²) < 4.78 is 10.7. The van der Waals surface area contributed by atoms with Crippen molar-refractivity contribution < 1.29 is 33.9 Å². The van der Waals surface area contributed by atoms with Crippen molar-refractivity contribution in [2.45, 2.75) is 78.3 Å². The van der Waals surface area contributed by atoms with Gasteiger partial charge in [0.2, 0.25) is 11.8 Å². The van der Waals surface area contributed by atoms with Gasteiger partial charge in [-0.15, -0.1) is 0 Å². The molecule has 12 nitrogen and oxygen atoms in total. The van der Waals surface area contributed by atoms with Crippen LogP contribution in [0.2, 0.25) is 0 Å². The van der Waals surface area contributed by atoms with E-state index >= 15 is 0 Å². The lowest BCUT2D eigenvalue weighted by atomic mass is 9.92. The van der Waals surface area contributed by atoms with E-state index in [1.54, 1.807) is 26.3 Å². The molecule has 3 N–H and O–H groups in total. The van der Waals surface area contributed by atoms with Crippen molar-refractivity contribution >= 4 is 23.8 Å². The highest BCUT2D eigenvalue weighted by Gasteiger charge is 2.50. The zero-order valence-electron chi connectivity index (χ0n) is 22.9. The number of nitrogens with one attached hydrogen (secondary N) is 2. The van der Waals surface area contributed by atoms with E-state index in [4.69, 9.17) is 9.47 Å². The highest BCUT2D eigenvalue weighted by molar-refractivity contribution is 6.06. The van der Waals surface area contributed by atoms with E-state index in [1.807, 2.05) is 0 Å². The molecule has 5 amide bonds. The number of carbonyl (C=O) groups excluding carboxylic acids is 4. The number of hydrogen-bond donors (Lipinski definition) is 3. The number of imide groups is 1. The summed E-state index contributed by atoms with van der Waals surface area (Å²) in [7, 11) is 1.50. The Hall–Kier alpha value is -2.75. The molecular weight excluding hydrogens is 482 g/mol. The first kappa shape index (κ1) is 32.3. The van der Waals surface area contributed by atoms with Gasteiger partial charge in [-0.1, -0.05) is 26.7 Å². The molecule has 1 rings (SSSR count). The molecule has 1 aliphatic heterocycles. The Morgan fingerprint density at radius 2 is 1.76 bits per heavy atom. The molecule has 1 saturated heterocycles. The van der Waals surface area contributed by atoms with Gasteiger partial charge in [0.05, 0.1) is 24.6 Å². The molecule has 210 valence electrons. The molecular formula is C25H43N5O7. The van der Waals surface area contributed by atoms with Gasteiger partial charge in [0, 0.05) is 20.2 Å². The lowest BCUT2D eigenvalue weighted by Gasteiger charge is -2.26. The molecule has 0 radical (unpaired) electrons. The standard InChI is InChI=1S/C25H43N5O7/c1-7-17(8-2)10-11-18(13-26)21(31)27-20(15-37-16-36-9-3)12-19(22(32)28-35)14-30-23(33)25(4,5)29(6)24(30)34/h17-20,35H,7-12,14-16H2,1-6H3,(H,27,31)(H,28,32)/t18?,19-,20+/m1/s1. The number of ether oxygens (including phenoxy) is 2. The summed E-state index contributed by atoms with van der Waals surface area (Å²) in [4.78, 5) is 53.3. The third kappa shape index (κ3) is 8.94. The number of likely N-dealkylation sites (N-methyl/N-ethyl adjacent to an activating group) is 1. The second-order valence-electron chi connectivity index (χ2n) is 9.85. The Labute approximate surface area is 219 Å². The predicted octanol–water partition coefficient (Wildman–Crippen LogP) is 2.02. The van der Waals surface area contributed by atoms with Crippen LogP contribution in [-0.2, 0) is 23.9 Å². The van der Waals surface area contributed by atoms with E-state index in [9.17, 15) is 29.6 Å². The number of rotatable bonds is 17. The average molecular weight is 526 g/mol. The largest absolute Gasteiger partial charge is 0.356 e. The molecule has 0 spiro atoms. The van der Waals surface area contributed by atoms with Gasteiger partial charge in [0.15, 0.2) is 0 Å². The summed E-state index contributed by atoms with van der Waals surface area (Å²) in [6, 6.07) is 0.742. The van der Waals surface area contributed by atoms with Crippen molar-refractivity contribution in [3.05, 3.63) is 0 Å². The van der Waals surface area contributed by atoms with Crippen LogP contribution in [0.1, 0.15) is 66.7 Å². The molecule has 0 saturated carbocycles. The van der Waals surface area contributed by atoms with E-state index in [1.165, 1.54) is 11.9 Å². The maximum absolute atomic E-state index is 13.0. The summed E-state index contributed by atoms with van der Waals surface area (Å²) in [5.41, 5.74) is 0.500. The first-order valence-electron chi connectivity index (χ1n) is 12.9. The first-order valence-corrected chi connectivity index (χ1v) is 12.9. The predicted molar refractivity (Wildman–Crippen MR) is 134 cm³/mol. The molecule has 0 aromatic heterocycles. The SMILES string of the molecule is CCOCOC[C@H](C[C@H](CN1C(=O)N(C)C(C)(C)C1=O)C(=O)NO)NC(=O)C(C#N)CCC(CC)CC. The molecule has 1 fully saturated rings. The molecule has 0 aliphatic carbocycles. The fourth-order valence-electron chi connectivity index (χ4n) is 4.22. The second-order valence-corrected chi connectivity index (χ2v) is 9.85. The fraction of sp³-hybridized carbons (Fsp3) is 0.800. The van der Waals surface area contributed by atoms with E-state index in [0.29, 0.717) is 18.9 Å².